The van der Waals surface area contributed by atoms with Gasteiger partial charge in [-0.2, -0.15) is 0 Å². The van der Waals surface area contributed by atoms with Crippen LogP contribution < -0.4 is 14.2 Å². The Morgan fingerprint density at radius 1 is 0.398 bits per heavy atom. The number of allylic oxidation sites excluding steroid dienone is 10. The van der Waals surface area contributed by atoms with E-state index in [1.807, 2.05) is 26.0 Å². The molecule has 8 heteroatoms. The van der Waals surface area contributed by atoms with E-state index in [2.05, 4.69) is 129 Å². The third kappa shape index (κ3) is 10.4. The maximum atomic E-state index is 12.4. The Balaban J connectivity index is 0.000000119. The first kappa shape index (κ1) is 67.3. The van der Waals surface area contributed by atoms with E-state index in [1.54, 1.807) is 71.5 Å². The van der Waals surface area contributed by atoms with E-state index in [9.17, 15) is 20.1 Å². The van der Waals surface area contributed by atoms with Gasteiger partial charge in [-0.05, 0) is 291 Å². The van der Waals surface area contributed by atoms with Gasteiger partial charge >= 0.3 is 0 Å². The number of ketones is 1. The largest absolute Gasteiger partial charge is 0.508 e. The molecule has 4 saturated carbocycles. The number of ether oxygens (including phenoxy) is 3. The molecule has 0 heterocycles. The van der Waals surface area contributed by atoms with Gasteiger partial charge in [-0.15, -0.1) is 0 Å². The lowest BCUT2D eigenvalue weighted by atomic mass is 9.55. The van der Waals surface area contributed by atoms with Crippen LogP contribution in [0.2, 0.25) is 0 Å². The predicted octanol–water partition coefficient (Wildman–Crippen LogP) is 19.5. The van der Waals surface area contributed by atoms with Gasteiger partial charge in [0.15, 0.2) is 0 Å². The molecule has 12 aliphatic rings. The number of aliphatic hydroxyl groups is 2. The number of carbonyl (C=O) groups excluding carboxylic acids is 1. The van der Waals surface area contributed by atoms with Gasteiger partial charge in [0, 0.05) is 38.9 Å². The summed E-state index contributed by atoms with van der Waals surface area (Å²) < 4.78 is 16.3. The molecule has 0 spiro atoms. The van der Waals surface area contributed by atoms with Gasteiger partial charge in [-0.3, -0.25) is 9.50 Å². The molecular weight excluding hydrogens is 1150 g/mol. The second kappa shape index (κ2) is 24.4. The first-order valence-electron chi connectivity index (χ1n) is 36.1. The zero-order valence-electron chi connectivity index (χ0n) is 59.2. The van der Waals surface area contributed by atoms with E-state index in [1.165, 1.54) is 109 Å². The van der Waals surface area contributed by atoms with Crippen molar-refractivity contribution in [2.75, 3.05) is 21.3 Å². The van der Waals surface area contributed by atoms with Gasteiger partial charge in [0.05, 0.1) is 33.5 Å². The van der Waals surface area contributed by atoms with Crippen LogP contribution in [-0.4, -0.2) is 54.6 Å². The van der Waals surface area contributed by atoms with Crippen molar-refractivity contribution >= 4 is 5.78 Å². The third-order valence-electron chi connectivity index (χ3n) is 28.5. The Morgan fingerprint density at radius 2 is 0.710 bits per heavy atom. The summed E-state index contributed by atoms with van der Waals surface area (Å²) >= 11 is 0. The highest BCUT2D eigenvalue weighted by atomic mass is 19.0. The number of phenols is 1. The van der Waals surface area contributed by atoms with Crippen LogP contribution in [-0.2, 0) is 52.1 Å². The number of fused-ring (bicyclic) bond motifs is 16. The van der Waals surface area contributed by atoms with Crippen LogP contribution in [0.3, 0.4) is 0 Å². The molecular formula is C85H111FO7. The second-order valence-corrected chi connectivity index (χ2v) is 32.6. The molecule has 0 aliphatic heterocycles. The number of Topliss-reactive ketones (excluding diaryl/α,β-unsaturated/α-hetero) is 1. The molecule has 500 valence electrons. The molecule has 7 nitrogen and oxygen atoms in total. The molecule has 0 unspecified atom stereocenters. The van der Waals surface area contributed by atoms with Crippen molar-refractivity contribution in [2.24, 2.45) is 33.5 Å². The summed E-state index contributed by atoms with van der Waals surface area (Å²) in [7, 11) is 5.25. The number of hydrogen-bond acceptors (Lipinski definition) is 7. The average Bonchev–Trinajstić information content (AvgIpc) is 1.72. The van der Waals surface area contributed by atoms with Crippen LogP contribution in [0.5, 0.6) is 23.0 Å². The van der Waals surface area contributed by atoms with E-state index >= 15 is 0 Å². The number of halogens is 1. The molecule has 4 aromatic rings. The molecule has 0 amide bonds. The molecule has 0 radical (unpaired) electrons. The van der Waals surface area contributed by atoms with Gasteiger partial charge in [0.1, 0.15) is 28.8 Å². The number of hydrogen-bond donors (Lipinski definition) is 3. The molecule has 16 rings (SSSR count). The van der Waals surface area contributed by atoms with Crippen LogP contribution in [0.4, 0.5) is 4.70 Å². The van der Waals surface area contributed by atoms with Crippen molar-refractivity contribution < 1.29 is 39.0 Å². The lowest BCUT2D eigenvalue weighted by Crippen LogP contribution is -2.42. The maximum absolute atomic E-state index is 12.4. The van der Waals surface area contributed by atoms with Crippen LogP contribution in [0.15, 0.2) is 129 Å². The Morgan fingerprint density at radius 3 is 1.10 bits per heavy atom. The number of methoxy groups -OCH3 is 3. The Labute approximate surface area is 557 Å². The lowest BCUT2D eigenvalue weighted by molar-refractivity contribution is -0.124. The first-order valence-corrected chi connectivity index (χ1v) is 36.1. The number of aryl methyl sites for hydroxylation is 4. The fourth-order valence-electron chi connectivity index (χ4n) is 23.0. The molecule has 0 bridgehead atoms. The van der Waals surface area contributed by atoms with Crippen molar-refractivity contribution in [1.29, 1.82) is 0 Å². The van der Waals surface area contributed by atoms with E-state index in [0.717, 1.165) is 107 Å². The number of rotatable bonds is 5. The van der Waals surface area contributed by atoms with Crippen molar-refractivity contribution in [3.05, 3.63) is 174 Å². The SMILES string of the molecule is C/C=C1/CCC2=C3CCc4cc(OC)ccc4[C@]3(C)CC[C@@]21C.COc1ccc2c(c1)CCC1=C3CCC(=O)[C@@]3(C)CC[C@]12C.COc1ccc2c(c1)CCC1=C3CC[C@H]([C@H](C)O)[C@@]3(C)CC[C@]12C.C[C@H](O)[C@H]1CCC2=C3CCc4cc(O)ccc4[C@]3(C)CC[C@@]21C.F. The van der Waals surface area contributed by atoms with E-state index in [0.29, 0.717) is 28.8 Å². The fourth-order valence-corrected chi connectivity index (χ4v) is 23.0. The standard InChI is InChI=1S/C22H30O2.C22H28O.C21H28O2.C20H24O2.FH/c1-14(23)17-9-10-20-19-7-5-15-13-16(24-4)6-8-18(15)22(19,3)12-11-21(17,20)2;1-5-16-7-10-19-20-9-6-15-14-17(23-4)8-11-18(15)22(20,3)13-12-21(16,19)2;1-13(22)16-8-9-19-18-6-4-14-12-15(23)5-7-17(14)21(18,3)11-10-20(16,19)2;1-19-10-11-20(2)17(8-9-18(20)21)16(19)6-4-13-12-14(22-3)5-7-15(13)19;/h6,8,13-14,17,23H,5,7,9-12H2,1-4H3;5,8,11,14H,6-7,9-10,12-13H2,1-4H3;5,7,12-13,16,22-23H,4,6,8-11H2,1-3H3;5,7,12H,4,6,8-11H2,1-3H3;1H/b;16-5-;;;/t14-,17+,21+,22-;21-,22+;13-,16+,20+,21-;19-,20-;/m0100./s1. The molecule has 12 aliphatic carbocycles. The highest BCUT2D eigenvalue weighted by Crippen LogP contribution is 2.66. The third-order valence-corrected chi connectivity index (χ3v) is 28.5. The van der Waals surface area contributed by atoms with Gasteiger partial charge in [-0.1, -0.05) is 129 Å². The number of aromatic hydroxyl groups is 1. The first-order chi connectivity index (χ1) is 43.8. The minimum atomic E-state index is -0.213. The van der Waals surface area contributed by atoms with Crippen LogP contribution in [0.25, 0.3) is 0 Å². The molecule has 0 aromatic heterocycles. The predicted molar refractivity (Wildman–Crippen MR) is 376 cm³/mol. The van der Waals surface area contributed by atoms with Gasteiger partial charge < -0.3 is 29.5 Å². The van der Waals surface area contributed by atoms with E-state index in [-0.39, 0.29) is 54.8 Å². The van der Waals surface area contributed by atoms with Crippen LogP contribution in [0, 0.1) is 33.5 Å². The van der Waals surface area contributed by atoms with Crippen molar-refractivity contribution in [1.82, 2.24) is 0 Å². The molecule has 3 N–H and O–H groups in total. The number of carbonyl (C=O) groups is 1. The summed E-state index contributed by atoms with van der Waals surface area (Å²) in [6, 6.07) is 25.9. The highest BCUT2D eigenvalue weighted by molar-refractivity contribution is 5.91. The Hall–Kier alpha value is -5.70. The average molecular weight is 1260 g/mol. The van der Waals surface area contributed by atoms with Gasteiger partial charge in [0.2, 0.25) is 0 Å². The smallest absolute Gasteiger partial charge is 0.143 e. The number of phenolic OH excluding ortho intramolecular Hbond substituents is 1. The summed E-state index contributed by atoms with van der Waals surface area (Å²) in [6.07, 6.45) is 29.3. The van der Waals surface area contributed by atoms with Crippen LogP contribution in [0.1, 0.15) is 249 Å². The highest BCUT2D eigenvalue weighted by Gasteiger charge is 2.57. The number of aliphatic hydroxyl groups excluding tert-OH is 2. The molecule has 12 atom stereocenters. The molecule has 4 fully saturated rings. The van der Waals surface area contributed by atoms with Gasteiger partial charge in [-0.25, -0.2) is 0 Å². The molecule has 0 saturated heterocycles. The van der Waals surface area contributed by atoms with E-state index < -0.39 is 0 Å². The van der Waals surface area contributed by atoms with Crippen molar-refractivity contribution in [2.45, 2.75) is 264 Å². The monoisotopic (exact) mass is 1260 g/mol. The quantitative estimate of drug-likeness (QED) is 0.171. The fraction of sp³-hybridized carbons (Fsp3) is 0.588. The molecule has 4 aromatic carbocycles. The zero-order valence-corrected chi connectivity index (χ0v) is 59.2. The summed E-state index contributed by atoms with van der Waals surface area (Å²) in [5.74, 6) is 4.63. The minimum absolute atomic E-state index is 0. The summed E-state index contributed by atoms with van der Waals surface area (Å²) in [5.41, 5.74) is 27.9. The minimum Gasteiger partial charge on any atom is -0.508 e. The summed E-state index contributed by atoms with van der Waals surface area (Å²) in [4.78, 5) is 12.4. The topological polar surface area (TPSA) is 105 Å². The Bertz CT molecular complexity index is 3800. The second-order valence-electron chi connectivity index (χ2n) is 32.6. The summed E-state index contributed by atoms with van der Waals surface area (Å²) in [5, 5.41) is 30.4. The summed E-state index contributed by atoms with van der Waals surface area (Å²) in [6.45, 7) is 25.4. The van der Waals surface area contributed by atoms with Crippen molar-refractivity contribution in [3.63, 3.8) is 0 Å². The lowest BCUT2D eigenvalue weighted by Gasteiger charge is -2.50. The zero-order chi connectivity index (χ0) is 65.3. The maximum Gasteiger partial charge on any atom is 0.143 e. The number of benzene rings is 4. The van der Waals surface area contributed by atoms with E-state index in [4.69, 9.17) is 14.2 Å². The van der Waals surface area contributed by atoms with Crippen LogP contribution >= 0.6 is 0 Å². The Kier molecular flexibility index (Phi) is 17.7. The van der Waals surface area contributed by atoms with Gasteiger partial charge in [0.25, 0.3) is 0 Å². The normalized spacial score (nSPS) is 34.8. The van der Waals surface area contributed by atoms with Crippen molar-refractivity contribution in [3.8, 4) is 23.0 Å². The molecule has 93 heavy (non-hydrogen) atoms.